The zero-order valence-electron chi connectivity index (χ0n) is 20.4. The van der Waals surface area contributed by atoms with E-state index in [0.717, 1.165) is 24.5 Å². The standard InChI is InChI=1S/C27H28F2N4O3/c1-14(2)23(34)8-9-36-25-24(31-13-32-26(25)30)20-11-18(28)12-22(15(20)3)33-27(35)19-7-6-17(10-21(19)29)16-4-5-16/h6-7,10-14,16H,4-5,8-9H2,1-3H3,(H,33,35)(H2,30,31,32). The van der Waals surface area contributed by atoms with Crippen LogP contribution in [0.4, 0.5) is 20.3 Å². The Labute approximate surface area is 208 Å². The van der Waals surface area contributed by atoms with E-state index in [0.29, 0.717) is 17.0 Å². The van der Waals surface area contributed by atoms with Crippen molar-refractivity contribution in [1.29, 1.82) is 0 Å². The van der Waals surface area contributed by atoms with E-state index in [1.54, 1.807) is 26.8 Å². The third-order valence-corrected chi connectivity index (χ3v) is 6.23. The van der Waals surface area contributed by atoms with Crippen molar-refractivity contribution in [1.82, 2.24) is 9.97 Å². The number of anilines is 2. The van der Waals surface area contributed by atoms with Crippen molar-refractivity contribution >= 4 is 23.2 Å². The number of aromatic nitrogens is 2. The number of nitrogens with two attached hydrogens (primary N) is 1. The molecule has 0 radical (unpaired) electrons. The summed E-state index contributed by atoms with van der Waals surface area (Å²) in [4.78, 5) is 33.0. The molecule has 1 heterocycles. The number of halogens is 2. The van der Waals surface area contributed by atoms with Crippen molar-refractivity contribution in [2.24, 2.45) is 5.92 Å². The van der Waals surface area contributed by atoms with E-state index in [-0.39, 0.29) is 53.2 Å². The lowest BCUT2D eigenvalue weighted by Gasteiger charge is -2.17. The molecule has 1 fully saturated rings. The molecule has 0 atom stereocenters. The number of nitrogens with one attached hydrogen (secondary N) is 1. The smallest absolute Gasteiger partial charge is 0.258 e. The highest BCUT2D eigenvalue weighted by molar-refractivity contribution is 6.05. The lowest BCUT2D eigenvalue weighted by Crippen LogP contribution is -2.15. The molecular weight excluding hydrogens is 466 g/mol. The highest BCUT2D eigenvalue weighted by atomic mass is 19.1. The van der Waals surface area contributed by atoms with Crippen LogP contribution in [0.25, 0.3) is 11.3 Å². The van der Waals surface area contributed by atoms with Crippen LogP contribution in [-0.4, -0.2) is 28.3 Å². The second kappa shape index (κ2) is 10.4. The minimum atomic E-state index is -0.694. The molecule has 7 nitrogen and oxygen atoms in total. The largest absolute Gasteiger partial charge is 0.487 e. The van der Waals surface area contributed by atoms with Crippen molar-refractivity contribution in [2.45, 2.75) is 46.0 Å². The third-order valence-electron chi connectivity index (χ3n) is 6.23. The molecule has 3 aromatic rings. The van der Waals surface area contributed by atoms with Crippen LogP contribution in [0.15, 0.2) is 36.7 Å². The molecule has 1 aliphatic rings. The molecule has 188 valence electrons. The van der Waals surface area contributed by atoms with E-state index in [1.165, 1.54) is 24.5 Å². The van der Waals surface area contributed by atoms with E-state index >= 15 is 0 Å². The summed E-state index contributed by atoms with van der Waals surface area (Å²) in [7, 11) is 0. The van der Waals surface area contributed by atoms with Gasteiger partial charge in [0, 0.05) is 23.6 Å². The van der Waals surface area contributed by atoms with Crippen molar-refractivity contribution in [3.63, 3.8) is 0 Å². The van der Waals surface area contributed by atoms with Gasteiger partial charge in [0.25, 0.3) is 5.91 Å². The predicted octanol–water partition coefficient (Wildman–Crippen LogP) is 5.44. The number of benzene rings is 2. The van der Waals surface area contributed by atoms with Crippen molar-refractivity contribution in [3.8, 4) is 17.0 Å². The van der Waals surface area contributed by atoms with Crippen molar-refractivity contribution in [2.75, 3.05) is 17.7 Å². The van der Waals surface area contributed by atoms with Gasteiger partial charge in [-0.15, -0.1) is 0 Å². The maximum atomic E-state index is 14.7. The Morgan fingerprint density at radius 2 is 1.92 bits per heavy atom. The monoisotopic (exact) mass is 494 g/mol. The first-order valence-electron chi connectivity index (χ1n) is 11.8. The van der Waals surface area contributed by atoms with E-state index in [4.69, 9.17) is 10.5 Å². The number of ether oxygens (including phenoxy) is 1. The van der Waals surface area contributed by atoms with Gasteiger partial charge in [0.05, 0.1) is 12.2 Å². The number of nitrogens with zero attached hydrogens (tertiary/aromatic N) is 2. The van der Waals surface area contributed by atoms with Crippen LogP contribution < -0.4 is 15.8 Å². The molecule has 0 saturated heterocycles. The fraction of sp³-hybridized carbons (Fsp3) is 0.333. The first-order chi connectivity index (χ1) is 17.2. The summed E-state index contributed by atoms with van der Waals surface area (Å²) in [6.07, 6.45) is 3.42. The molecule has 1 amide bonds. The molecule has 36 heavy (non-hydrogen) atoms. The number of Topliss-reactive ketones (excluding diaryl/α,β-unsaturated/α-hetero) is 1. The summed E-state index contributed by atoms with van der Waals surface area (Å²) in [6, 6.07) is 6.97. The van der Waals surface area contributed by atoms with E-state index in [9.17, 15) is 18.4 Å². The number of nitrogen functional groups attached to an aromatic ring is 1. The summed E-state index contributed by atoms with van der Waals surface area (Å²) < 4.78 is 35.0. The molecule has 0 bridgehead atoms. The minimum absolute atomic E-state index is 0.0244. The fourth-order valence-electron chi connectivity index (χ4n) is 3.89. The van der Waals surface area contributed by atoms with Crippen LogP contribution in [0.5, 0.6) is 5.75 Å². The molecule has 1 saturated carbocycles. The van der Waals surface area contributed by atoms with Crippen LogP contribution in [0.2, 0.25) is 0 Å². The average Bonchev–Trinajstić information content (AvgIpc) is 3.67. The third kappa shape index (κ3) is 5.50. The van der Waals surface area contributed by atoms with Crippen LogP contribution in [0.3, 0.4) is 0 Å². The molecule has 0 unspecified atom stereocenters. The van der Waals surface area contributed by atoms with Crippen LogP contribution in [0, 0.1) is 24.5 Å². The summed E-state index contributed by atoms with van der Waals surface area (Å²) in [5, 5.41) is 2.61. The number of hydrogen-bond acceptors (Lipinski definition) is 6. The van der Waals surface area contributed by atoms with Crippen LogP contribution in [0.1, 0.15) is 60.5 Å². The Balaban J connectivity index is 1.62. The summed E-state index contributed by atoms with van der Waals surface area (Å²) in [5.74, 6) is -1.58. The lowest BCUT2D eigenvalue weighted by molar-refractivity contribution is -0.122. The highest BCUT2D eigenvalue weighted by Gasteiger charge is 2.25. The topological polar surface area (TPSA) is 107 Å². The maximum Gasteiger partial charge on any atom is 0.258 e. The second-order valence-electron chi connectivity index (χ2n) is 9.25. The van der Waals surface area contributed by atoms with E-state index in [2.05, 4.69) is 15.3 Å². The van der Waals surface area contributed by atoms with Gasteiger partial charge in [-0.05, 0) is 61.1 Å². The zero-order chi connectivity index (χ0) is 26.0. The molecule has 4 rings (SSSR count). The van der Waals surface area contributed by atoms with Gasteiger partial charge in [-0.2, -0.15) is 0 Å². The molecule has 9 heteroatoms. The Kier molecular flexibility index (Phi) is 7.28. The van der Waals surface area contributed by atoms with Gasteiger partial charge in [-0.3, -0.25) is 9.59 Å². The van der Waals surface area contributed by atoms with Crippen LogP contribution >= 0.6 is 0 Å². The molecule has 0 aliphatic heterocycles. The van der Waals surface area contributed by atoms with Crippen molar-refractivity contribution < 1.29 is 23.1 Å². The minimum Gasteiger partial charge on any atom is -0.487 e. The van der Waals surface area contributed by atoms with Crippen LogP contribution in [-0.2, 0) is 4.79 Å². The first kappa shape index (κ1) is 25.2. The lowest BCUT2D eigenvalue weighted by atomic mass is 10.0. The number of amides is 1. The Morgan fingerprint density at radius 3 is 2.58 bits per heavy atom. The van der Waals surface area contributed by atoms with Gasteiger partial charge < -0.3 is 15.8 Å². The Bertz CT molecular complexity index is 1320. The van der Waals surface area contributed by atoms with E-state index < -0.39 is 17.5 Å². The SMILES string of the molecule is Cc1c(NC(=O)c2ccc(C3CC3)cc2F)cc(F)cc1-c1ncnc(N)c1OCCC(=O)C(C)C. The fourth-order valence-corrected chi connectivity index (χ4v) is 3.89. The molecule has 1 aliphatic carbocycles. The highest BCUT2D eigenvalue weighted by Crippen LogP contribution is 2.40. The predicted molar refractivity (Wildman–Crippen MR) is 133 cm³/mol. The number of hydrogen-bond donors (Lipinski definition) is 2. The first-order valence-corrected chi connectivity index (χ1v) is 11.8. The molecule has 2 aromatic carbocycles. The van der Waals surface area contributed by atoms with Gasteiger partial charge in [-0.25, -0.2) is 18.7 Å². The Hall–Kier alpha value is -3.88. The number of rotatable bonds is 9. The number of carbonyl (C=O) groups is 2. The summed E-state index contributed by atoms with van der Waals surface area (Å²) in [5.41, 5.74) is 7.90. The number of ketones is 1. The van der Waals surface area contributed by atoms with Gasteiger partial charge in [0.15, 0.2) is 11.6 Å². The Morgan fingerprint density at radius 1 is 1.17 bits per heavy atom. The van der Waals surface area contributed by atoms with Crippen molar-refractivity contribution in [3.05, 3.63) is 65.0 Å². The van der Waals surface area contributed by atoms with Gasteiger partial charge in [-0.1, -0.05) is 19.9 Å². The molecule has 3 N–H and O–H groups in total. The maximum absolute atomic E-state index is 14.7. The van der Waals surface area contributed by atoms with Gasteiger partial charge in [0.1, 0.15) is 29.4 Å². The quantitative estimate of drug-likeness (QED) is 0.410. The number of carbonyl (C=O) groups excluding carboxylic acids is 2. The molecular formula is C27H28F2N4O3. The average molecular weight is 495 g/mol. The van der Waals surface area contributed by atoms with E-state index in [1.807, 2.05) is 0 Å². The second-order valence-corrected chi connectivity index (χ2v) is 9.25. The normalized spacial score (nSPS) is 13.1. The summed E-state index contributed by atoms with van der Waals surface area (Å²) in [6.45, 7) is 5.32. The molecule has 0 spiro atoms. The van der Waals surface area contributed by atoms with Gasteiger partial charge >= 0.3 is 0 Å². The molecule has 1 aromatic heterocycles. The zero-order valence-corrected chi connectivity index (χ0v) is 20.4. The van der Waals surface area contributed by atoms with Gasteiger partial charge in [0.2, 0.25) is 0 Å². The summed E-state index contributed by atoms with van der Waals surface area (Å²) >= 11 is 0.